The monoisotopic (exact) mass is 195 g/mol. The quantitative estimate of drug-likeness (QED) is 0.441. The van der Waals surface area contributed by atoms with Gasteiger partial charge in [0.05, 0.1) is 4.92 Å². The van der Waals surface area contributed by atoms with E-state index >= 15 is 0 Å². The summed E-state index contributed by atoms with van der Waals surface area (Å²) in [4.78, 5) is 12.0. The summed E-state index contributed by atoms with van der Waals surface area (Å²) in [6.45, 7) is 1.75. The van der Waals surface area contributed by atoms with Crippen LogP contribution in [-0.2, 0) is 0 Å². The minimum atomic E-state index is -0.401. The van der Waals surface area contributed by atoms with Gasteiger partial charge in [-0.2, -0.15) is 0 Å². The van der Waals surface area contributed by atoms with E-state index < -0.39 is 4.92 Å². The molecule has 1 aromatic carbocycles. The van der Waals surface area contributed by atoms with Crippen LogP contribution in [-0.4, -0.2) is 19.0 Å². The summed E-state index contributed by atoms with van der Waals surface area (Å²) in [6, 6.07) is 3.11. The molecule has 0 aliphatic carbocycles. The molecule has 0 fully saturated rings. The predicted octanol–water partition coefficient (Wildman–Crippen LogP) is 1.55. The Hall–Kier alpha value is -1.78. The maximum atomic E-state index is 10.7. The summed E-state index contributed by atoms with van der Waals surface area (Å²) in [7, 11) is 3.49. The lowest BCUT2D eigenvalue weighted by molar-refractivity contribution is -0.384. The summed E-state index contributed by atoms with van der Waals surface area (Å²) in [5, 5.41) is 10.7. The first-order valence-electron chi connectivity index (χ1n) is 4.15. The Morgan fingerprint density at radius 3 is 2.43 bits per heavy atom. The first kappa shape index (κ1) is 10.3. The second-order valence-electron chi connectivity index (χ2n) is 3.35. The lowest BCUT2D eigenvalue weighted by Gasteiger charge is -2.14. The lowest BCUT2D eigenvalue weighted by Crippen LogP contribution is -2.11. The van der Waals surface area contributed by atoms with Crippen LogP contribution in [0.4, 0.5) is 17.1 Å². The van der Waals surface area contributed by atoms with Crippen molar-refractivity contribution >= 4 is 17.1 Å². The minimum absolute atomic E-state index is 0.0849. The van der Waals surface area contributed by atoms with Gasteiger partial charge < -0.3 is 10.6 Å². The van der Waals surface area contributed by atoms with E-state index in [2.05, 4.69) is 0 Å². The third-order valence-electron chi connectivity index (χ3n) is 2.04. The molecule has 0 unspecified atom stereocenters. The van der Waals surface area contributed by atoms with Gasteiger partial charge in [0, 0.05) is 25.8 Å². The molecule has 0 saturated carbocycles. The zero-order chi connectivity index (χ0) is 10.9. The van der Waals surface area contributed by atoms with Gasteiger partial charge in [0.15, 0.2) is 0 Å². The van der Waals surface area contributed by atoms with Crippen molar-refractivity contribution in [2.75, 3.05) is 24.7 Å². The number of hydrogen-bond acceptors (Lipinski definition) is 4. The molecule has 76 valence electrons. The number of benzene rings is 1. The van der Waals surface area contributed by atoms with Crippen molar-refractivity contribution in [1.29, 1.82) is 0 Å². The molecular formula is C9H13N3O2. The highest BCUT2D eigenvalue weighted by atomic mass is 16.6. The van der Waals surface area contributed by atoms with Crippen LogP contribution in [0.3, 0.4) is 0 Å². The molecule has 14 heavy (non-hydrogen) atoms. The zero-order valence-electron chi connectivity index (χ0n) is 8.44. The number of nitrogen functional groups attached to an aromatic ring is 1. The maximum absolute atomic E-state index is 10.7. The van der Waals surface area contributed by atoms with Crippen LogP contribution in [0.5, 0.6) is 0 Å². The molecule has 0 spiro atoms. The molecule has 1 rings (SSSR count). The number of rotatable bonds is 2. The van der Waals surface area contributed by atoms with E-state index in [1.807, 2.05) is 0 Å². The van der Waals surface area contributed by atoms with Gasteiger partial charge in [-0.15, -0.1) is 0 Å². The van der Waals surface area contributed by atoms with E-state index in [-0.39, 0.29) is 5.69 Å². The number of nitrogens with zero attached hydrogens (tertiary/aromatic N) is 2. The molecule has 0 heterocycles. The van der Waals surface area contributed by atoms with Crippen LogP contribution >= 0.6 is 0 Å². The molecule has 1 aromatic rings. The molecule has 0 saturated heterocycles. The number of hydrogen-bond donors (Lipinski definition) is 1. The van der Waals surface area contributed by atoms with Crippen LogP contribution in [0.2, 0.25) is 0 Å². The first-order valence-corrected chi connectivity index (χ1v) is 4.15. The summed E-state index contributed by atoms with van der Waals surface area (Å²) in [5.41, 5.74) is 7.58. The third-order valence-corrected chi connectivity index (χ3v) is 2.04. The van der Waals surface area contributed by atoms with Gasteiger partial charge >= 0.3 is 0 Å². The van der Waals surface area contributed by atoms with Crippen LogP contribution in [0, 0.1) is 17.0 Å². The van der Waals surface area contributed by atoms with Crippen LogP contribution in [0.25, 0.3) is 0 Å². The Morgan fingerprint density at radius 1 is 1.43 bits per heavy atom. The van der Waals surface area contributed by atoms with Crippen LogP contribution in [0.1, 0.15) is 5.56 Å². The minimum Gasteiger partial charge on any atom is -0.398 e. The topological polar surface area (TPSA) is 72.4 Å². The first-order chi connectivity index (χ1) is 6.43. The Labute approximate surface area is 82.3 Å². The molecule has 0 radical (unpaired) electrons. The molecular weight excluding hydrogens is 182 g/mol. The maximum Gasteiger partial charge on any atom is 0.292 e. The molecule has 0 atom stereocenters. The molecule has 0 aliphatic rings. The van der Waals surface area contributed by atoms with E-state index in [4.69, 9.17) is 5.73 Å². The summed E-state index contributed by atoms with van der Waals surface area (Å²) in [6.07, 6.45) is 0. The number of nitro groups is 1. The molecule has 0 aromatic heterocycles. The second-order valence-corrected chi connectivity index (χ2v) is 3.35. The average Bonchev–Trinajstić information content (AvgIpc) is 2.08. The molecule has 2 N–H and O–H groups in total. The second kappa shape index (κ2) is 3.53. The van der Waals surface area contributed by atoms with Gasteiger partial charge in [-0.05, 0) is 18.6 Å². The number of nitro benzene ring substituents is 1. The fraction of sp³-hybridized carbons (Fsp3) is 0.333. The van der Waals surface area contributed by atoms with Crippen molar-refractivity contribution in [3.8, 4) is 0 Å². The van der Waals surface area contributed by atoms with Crippen molar-refractivity contribution in [3.05, 3.63) is 27.8 Å². The van der Waals surface area contributed by atoms with Gasteiger partial charge in [-0.25, -0.2) is 0 Å². The summed E-state index contributed by atoms with van der Waals surface area (Å²) in [5.74, 6) is 0. The van der Waals surface area contributed by atoms with Crippen molar-refractivity contribution in [1.82, 2.24) is 0 Å². The van der Waals surface area contributed by atoms with Crippen molar-refractivity contribution in [2.24, 2.45) is 0 Å². The fourth-order valence-electron chi connectivity index (χ4n) is 1.20. The van der Waals surface area contributed by atoms with Crippen molar-refractivity contribution in [3.63, 3.8) is 0 Å². The van der Waals surface area contributed by atoms with Crippen LogP contribution in [0.15, 0.2) is 12.1 Å². The van der Waals surface area contributed by atoms with Gasteiger partial charge in [-0.1, -0.05) is 0 Å². The third kappa shape index (κ3) is 1.76. The number of nitrogens with two attached hydrogens (primary N) is 1. The van der Waals surface area contributed by atoms with E-state index in [0.717, 1.165) is 5.56 Å². The van der Waals surface area contributed by atoms with E-state index in [1.165, 1.54) is 6.07 Å². The van der Waals surface area contributed by atoms with E-state index in [9.17, 15) is 10.1 Å². The van der Waals surface area contributed by atoms with Crippen molar-refractivity contribution < 1.29 is 4.92 Å². The summed E-state index contributed by atoms with van der Waals surface area (Å²) >= 11 is 0. The van der Waals surface area contributed by atoms with Gasteiger partial charge in [0.2, 0.25) is 0 Å². The fourth-order valence-corrected chi connectivity index (χ4v) is 1.20. The Bertz CT molecular complexity index is 375. The normalized spacial score (nSPS) is 9.93. The Balaban J connectivity index is 3.39. The smallest absolute Gasteiger partial charge is 0.292 e. The molecule has 5 heteroatoms. The van der Waals surface area contributed by atoms with Crippen molar-refractivity contribution in [2.45, 2.75) is 6.92 Å². The highest BCUT2D eigenvalue weighted by Crippen LogP contribution is 2.31. The lowest BCUT2D eigenvalue weighted by atomic mass is 10.1. The SMILES string of the molecule is Cc1cc([N+](=O)[O-])c(N(C)C)cc1N. The molecule has 0 aliphatic heterocycles. The van der Waals surface area contributed by atoms with Gasteiger partial charge in [0.1, 0.15) is 5.69 Å². The molecule has 0 amide bonds. The van der Waals surface area contributed by atoms with E-state index in [0.29, 0.717) is 11.4 Å². The highest BCUT2D eigenvalue weighted by Gasteiger charge is 2.16. The number of aryl methyl sites for hydroxylation is 1. The molecule has 5 nitrogen and oxygen atoms in total. The van der Waals surface area contributed by atoms with E-state index in [1.54, 1.807) is 32.0 Å². The molecule has 0 bridgehead atoms. The Morgan fingerprint density at radius 2 is 2.00 bits per heavy atom. The van der Waals surface area contributed by atoms with Gasteiger partial charge in [-0.3, -0.25) is 10.1 Å². The Kier molecular flexibility index (Phi) is 2.60. The highest BCUT2D eigenvalue weighted by molar-refractivity contribution is 5.70. The van der Waals surface area contributed by atoms with Crippen LogP contribution < -0.4 is 10.6 Å². The van der Waals surface area contributed by atoms with Gasteiger partial charge in [0.25, 0.3) is 5.69 Å². The summed E-state index contributed by atoms with van der Waals surface area (Å²) < 4.78 is 0. The zero-order valence-corrected chi connectivity index (χ0v) is 8.44. The number of anilines is 2. The predicted molar refractivity (Wildman–Crippen MR) is 56.6 cm³/mol. The average molecular weight is 195 g/mol. The standard InChI is InChI=1S/C9H13N3O2/c1-6-4-9(12(13)14)8(11(2)3)5-7(6)10/h4-5H,10H2,1-3H3. The largest absolute Gasteiger partial charge is 0.398 e.